The minimum Gasteiger partial charge on any atom is -0.481 e. The maximum Gasteiger partial charge on any atom is 0.307 e. The van der Waals surface area contributed by atoms with E-state index >= 15 is 0 Å². The molecule has 18 heavy (non-hydrogen) atoms. The summed E-state index contributed by atoms with van der Waals surface area (Å²) in [5.74, 6) is -1.17. The Morgan fingerprint density at radius 3 is 2.61 bits per heavy atom. The predicted octanol–water partition coefficient (Wildman–Crippen LogP) is 2.16. The minimum absolute atomic E-state index is 0.144. The van der Waals surface area contributed by atoms with Crippen LogP contribution in [-0.4, -0.2) is 17.0 Å². The van der Waals surface area contributed by atoms with E-state index in [2.05, 4.69) is 5.32 Å². The fourth-order valence-electron chi connectivity index (χ4n) is 1.55. The number of carbonyl (C=O) groups is 2. The number of carbonyl (C=O) groups excluding carboxylic acids is 1. The van der Waals surface area contributed by atoms with Gasteiger partial charge in [0.05, 0.1) is 12.7 Å². The molecule has 0 aliphatic rings. The molecule has 1 aromatic carbocycles. The van der Waals surface area contributed by atoms with Gasteiger partial charge in [0.15, 0.2) is 5.76 Å². The van der Waals surface area contributed by atoms with Gasteiger partial charge in [0.1, 0.15) is 0 Å². The van der Waals surface area contributed by atoms with Crippen molar-refractivity contribution in [2.24, 2.45) is 0 Å². The van der Waals surface area contributed by atoms with Gasteiger partial charge >= 0.3 is 5.97 Å². The first kappa shape index (κ1) is 11.9. The second-order valence-electron chi connectivity index (χ2n) is 3.66. The van der Waals surface area contributed by atoms with E-state index < -0.39 is 11.9 Å². The third-order valence-electron chi connectivity index (χ3n) is 2.35. The lowest BCUT2D eigenvalue weighted by Gasteiger charge is -2.08. The van der Waals surface area contributed by atoms with Crippen LogP contribution < -0.4 is 5.32 Å². The molecule has 1 amide bonds. The maximum absolute atomic E-state index is 11.8. The zero-order valence-corrected chi connectivity index (χ0v) is 9.42. The van der Waals surface area contributed by atoms with E-state index in [9.17, 15) is 9.59 Å². The van der Waals surface area contributed by atoms with Crippen molar-refractivity contribution < 1.29 is 19.1 Å². The lowest BCUT2D eigenvalue weighted by molar-refractivity contribution is -0.136. The van der Waals surface area contributed by atoms with Crippen molar-refractivity contribution in [3.05, 3.63) is 54.0 Å². The molecular weight excluding hydrogens is 234 g/mol. The molecule has 2 N–H and O–H groups in total. The quantitative estimate of drug-likeness (QED) is 0.865. The van der Waals surface area contributed by atoms with Crippen molar-refractivity contribution in [3.63, 3.8) is 0 Å². The number of para-hydroxylation sites is 1. The van der Waals surface area contributed by atoms with Gasteiger partial charge in [-0.15, -0.1) is 0 Å². The van der Waals surface area contributed by atoms with Crippen LogP contribution in [0.15, 0.2) is 47.1 Å². The monoisotopic (exact) mass is 245 g/mol. The Hall–Kier alpha value is -2.56. The summed E-state index contributed by atoms with van der Waals surface area (Å²) in [7, 11) is 0. The highest BCUT2D eigenvalue weighted by Gasteiger charge is 2.12. The van der Waals surface area contributed by atoms with E-state index in [0.717, 1.165) is 0 Å². The number of carboxylic acids is 1. The molecule has 0 spiro atoms. The number of hydrogen-bond acceptors (Lipinski definition) is 3. The SMILES string of the molecule is O=C(O)Cc1ccccc1NC(=O)c1ccco1. The van der Waals surface area contributed by atoms with Gasteiger partial charge < -0.3 is 14.8 Å². The first-order chi connectivity index (χ1) is 8.66. The number of rotatable bonds is 4. The molecule has 0 unspecified atom stereocenters. The number of aliphatic carboxylic acids is 1. The molecule has 5 nitrogen and oxygen atoms in total. The van der Waals surface area contributed by atoms with Crippen molar-refractivity contribution in [3.8, 4) is 0 Å². The maximum atomic E-state index is 11.8. The summed E-state index contributed by atoms with van der Waals surface area (Å²) >= 11 is 0. The van der Waals surface area contributed by atoms with Gasteiger partial charge in [-0.1, -0.05) is 18.2 Å². The van der Waals surface area contributed by atoms with Gasteiger partial charge in [0, 0.05) is 5.69 Å². The van der Waals surface area contributed by atoms with Crippen LogP contribution in [0.1, 0.15) is 16.1 Å². The van der Waals surface area contributed by atoms with E-state index in [1.54, 1.807) is 30.3 Å². The lowest BCUT2D eigenvalue weighted by Crippen LogP contribution is -2.13. The normalized spacial score (nSPS) is 10.0. The summed E-state index contributed by atoms with van der Waals surface area (Å²) < 4.78 is 4.96. The Kier molecular flexibility index (Phi) is 3.43. The van der Waals surface area contributed by atoms with Crippen LogP contribution in [0.4, 0.5) is 5.69 Å². The molecule has 0 aliphatic heterocycles. The molecule has 0 fully saturated rings. The molecule has 0 bridgehead atoms. The summed E-state index contributed by atoms with van der Waals surface area (Å²) in [4.78, 5) is 22.5. The van der Waals surface area contributed by atoms with Gasteiger partial charge in [0.25, 0.3) is 5.91 Å². The summed E-state index contributed by atoms with van der Waals surface area (Å²) in [5.41, 5.74) is 1.02. The smallest absolute Gasteiger partial charge is 0.307 e. The first-order valence-electron chi connectivity index (χ1n) is 5.31. The van der Waals surface area contributed by atoms with Crippen LogP contribution in [0.5, 0.6) is 0 Å². The Labute approximate surface area is 103 Å². The Morgan fingerprint density at radius 1 is 1.17 bits per heavy atom. The number of nitrogens with one attached hydrogen (secondary N) is 1. The summed E-state index contributed by atoms with van der Waals surface area (Å²) in [6.45, 7) is 0. The molecule has 2 rings (SSSR count). The topological polar surface area (TPSA) is 79.5 Å². The lowest BCUT2D eigenvalue weighted by atomic mass is 10.1. The third kappa shape index (κ3) is 2.76. The van der Waals surface area contributed by atoms with E-state index in [1.165, 1.54) is 12.3 Å². The van der Waals surface area contributed by atoms with Gasteiger partial charge in [-0.3, -0.25) is 9.59 Å². The molecule has 2 aromatic rings. The highest BCUT2D eigenvalue weighted by atomic mass is 16.4. The second kappa shape index (κ2) is 5.18. The number of furan rings is 1. The van der Waals surface area contributed by atoms with Crippen molar-refractivity contribution in [2.45, 2.75) is 6.42 Å². The number of benzene rings is 1. The summed E-state index contributed by atoms with van der Waals surface area (Å²) in [6.07, 6.45) is 1.26. The van der Waals surface area contributed by atoms with E-state index in [4.69, 9.17) is 9.52 Å². The van der Waals surface area contributed by atoms with Crippen molar-refractivity contribution in [2.75, 3.05) is 5.32 Å². The molecule has 0 saturated carbocycles. The van der Waals surface area contributed by atoms with Crippen LogP contribution in [0.3, 0.4) is 0 Å². The van der Waals surface area contributed by atoms with E-state index in [1.807, 2.05) is 0 Å². The summed E-state index contributed by atoms with van der Waals surface area (Å²) in [6, 6.07) is 9.90. The van der Waals surface area contributed by atoms with Gasteiger partial charge in [-0.05, 0) is 23.8 Å². The van der Waals surface area contributed by atoms with Crippen molar-refractivity contribution in [1.82, 2.24) is 0 Å². The number of carboxylic acid groups (broad SMARTS) is 1. The Balaban J connectivity index is 2.18. The molecule has 92 valence electrons. The van der Waals surface area contributed by atoms with Gasteiger partial charge in [-0.2, -0.15) is 0 Å². The van der Waals surface area contributed by atoms with Crippen LogP contribution in [-0.2, 0) is 11.2 Å². The van der Waals surface area contributed by atoms with E-state index in [-0.39, 0.29) is 12.2 Å². The summed E-state index contributed by atoms with van der Waals surface area (Å²) in [5, 5.41) is 11.4. The Morgan fingerprint density at radius 2 is 1.94 bits per heavy atom. The van der Waals surface area contributed by atoms with Crippen LogP contribution in [0.25, 0.3) is 0 Å². The van der Waals surface area contributed by atoms with Crippen LogP contribution in [0.2, 0.25) is 0 Å². The second-order valence-corrected chi connectivity index (χ2v) is 3.66. The molecule has 1 aromatic heterocycles. The third-order valence-corrected chi connectivity index (χ3v) is 2.35. The zero-order valence-electron chi connectivity index (χ0n) is 9.42. The average molecular weight is 245 g/mol. The van der Waals surface area contributed by atoms with Crippen molar-refractivity contribution in [1.29, 1.82) is 0 Å². The van der Waals surface area contributed by atoms with Gasteiger partial charge in [0.2, 0.25) is 0 Å². The standard InChI is InChI=1S/C13H11NO4/c15-12(16)8-9-4-1-2-5-10(9)14-13(17)11-6-3-7-18-11/h1-7H,8H2,(H,14,17)(H,15,16). The van der Waals surface area contributed by atoms with Gasteiger partial charge in [-0.25, -0.2) is 0 Å². The highest BCUT2D eigenvalue weighted by molar-refractivity contribution is 6.02. The Bertz CT molecular complexity index is 560. The highest BCUT2D eigenvalue weighted by Crippen LogP contribution is 2.17. The predicted molar refractivity (Wildman–Crippen MR) is 64.4 cm³/mol. The molecule has 1 heterocycles. The van der Waals surface area contributed by atoms with Crippen molar-refractivity contribution >= 4 is 17.6 Å². The van der Waals surface area contributed by atoms with Crippen LogP contribution >= 0.6 is 0 Å². The first-order valence-corrected chi connectivity index (χ1v) is 5.31. The molecule has 0 radical (unpaired) electrons. The molecule has 0 saturated heterocycles. The minimum atomic E-state index is -0.949. The van der Waals surface area contributed by atoms with E-state index in [0.29, 0.717) is 11.3 Å². The molecule has 5 heteroatoms. The molecule has 0 aliphatic carbocycles. The fourth-order valence-corrected chi connectivity index (χ4v) is 1.55. The largest absolute Gasteiger partial charge is 0.481 e. The molecular formula is C13H11NO4. The fraction of sp³-hybridized carbons (Fsp3) is 0.0769. The number of anilines is 1. The zero-order chi connectivity index (χ0) is 13.0. The molecule has 0 atom stereocenters. The number of hydrogen-bond donors (Lipinski definition) is 2. The average Bonchev–Trinajstić information content (AvgIpc) is 2.84. The van der Waals surface area contributed by atoms with Crippen LogP contribution in [0, 0.1) is 0 Å². The number of amides is 1.